The number of allylic oxidation sites excluding steroid dienone is 4. The average molecular weight is 491 g/mol. The molecule has 0 aromatic heterocycles. The highest BCUT2D eigenvalue weighted by Crippen LogP contribution is 2.55. The summed E-state index contributed by atoms with van der Waals surface area (Å²) in [7, 11) is 0. The maximum absolute atomic E-state index is 15.2. The summed E-state index contributed by atoms with van der Waals surface area (Å²) in [6, 6.07) is 2.51. The summed E-state index contributed by atoms with van der Waals surface area (Å²) in [6.07, 6.45) is 6.68. The molecular formula is C26H32F6O2. The van der Waals surface area contributed by atoms with Gasteiger partial charge in [-0.25, -0.2) is 8.78 Å². The largest absolute Gasteiger partial charge is 0.495 e. The van der Waals surface area contributed by atoms with Crippen LogP contribution in [0, 0.1) is 11.7 Å². The molecule has 1 fully saturated rings. The van der Waals surface area contributed by atoms with Crippen molar-refractivity contribution in [1.82, 2.24) is 0 Å². The normalized spacial score (nSPS) is 25.3. The highest BCUT2D eigenvalue weighted by Gasteiger charge is 2.62. The quantitative estimate of drug-likeness (QED) is 0.257. The molecule has 1 aromatic rings. The van der Waals surface area contributed by atoms with E-state index in [1.807, 2.05) is 0 Å². The van der Waals surface area contributed by atoms with Crippen molar-refractivity contribution >= 4 is 5.57 Å². The Balaban J connectivity index is 1.86. The number of alkyl halides is 5. The van der Waals surface area contributed by atoms with Crippen molar-refractivity contribution in [3.05, 3.63) is 52.6 Å². The molecule has 2 aliphatic rings. The molecule has 0 atom stereocenters. The first-order valence-corrected chi connectivity index (χ1v) is 11.9. The van der Waals surface area contributed by atoms with Crippen molar-refractivity contribution in [2.75, 3.05) is 13.3 Å². The lowest BCUT2D eigenvalue weighted by Gasteiger charge is -2.35. The van der Waals surface area contributed by atoms with E-state index in [1.54, 1.807) is 6.92 Å². The van der Waals surface area contributed by atoms with E-state index in [-0.39, 0.29) is 41.8 Å². The van der Waals surface area contributed by atoms with Crippen LogP contribution in [0.15, 0.2) is 30.0 Å². The van der Waals surface area contributed by atoms with Crippen LogP contribution in [0.5, 0.6) is 0 Å². The Hall–Kier alpha value is -1.96. The van der Waals surface area contributed by atoms with E-state index in [0.717, 1.165) is 50.7 Å². The smallest absolute Gasteiger partial charge is 0.339 e. The fourth-order valence-electron chi connectivity index (χ4n) is 4.80. The van der Waals surface area contributed by atoms with Gasteiger partial charge in [-0.2, -0.15) is 17.6 Å². The first-order valence-electron chi connectivity index (χ1n) is 11.9. The monoisotopic (exact) mass is 490 g/mol. The summed E-state index contributed by atoms with van der Waals surface area (Å²) >= 11 is 0. The van der Waals surface area contributed by atoms with Crippen molar-refractivity contribution in [3.8, 4) is 0 Å². The van der Waals surface area contributed by atoms with Crippen LogP contribution in [0.25, 0.3) is 5.57 Å². The summed E-state index contributed by atoms with van der Waals surface area (Å²) in [5, 5.41) is 0. The van der Waals surface area contributed by atoms with Gasteiger partial charge in [-0.1, -0.05) is 38.0 Å². The lowest BCUT2D eigenvalue weighted by atomic mass is 9.80. The van der Waals surface area contributed by atoms with Gasteiger partial charge in [-0.3, -0.25) is 0 Å². The summed E-state index contributed by atoms with van der Waals surface area (Å²) in [4.78, 5) is 0. The summed E-state index contributed by atoms with van der Waals surface area (Å²) < 4.78 is 97.4. The van der Waals surface area contributed by atoms with E-state index >= 15 is 4.39 Å². The molecule has 2 aliphatic carbocycles. The van der Waals surface area contributed by atoms with Gasteiger partial charge < -0.3 is 9.47 Å². The fraction of sp³-hybridized carbons (Fsp3) is 0.615. The van der Waals surface area contributed by atoms with E-state index in [0.29, 0.717) is 5.92 Å². The number of ether oxygens (including phenoxy) is 2. The Kier molecular flexibility index (Phi) is 8.77. The highest BCUT2D eigenvalue weighted by atomic mass is 19.3. The molecule has 0 saturated heterocycles. The van der Waals surface area contributed by atoms with Gasteiger partial charge in [-0.05, 0) is 55.7 Å². The van der Waals surface area contributed by atoms with Crippen LogP contribution >= 0.6 is 0 Å². The third kappa shape index (κ3) is 5.64. The molecule has 0 radical (unpaired) electrons. The SMILES string of the molecule is CCCC1CCC(OCc2ccc3c(c2F)C(F)(F)C(F)(F)C/C3=C\C=C(/CF)OCC)CC1. The van der Waals surface area contributed by atoms with Crippen LogP contribution < -0.4 is 0 Å². The number of hydrogen-bond acceptors (Lipinski definition) is 2. The van der Waals surface area contributed by atoms with Gasteiger partial charge in [0.25, 0.3) is 0 Å². The second-order valence-electron chi connectivity index (χ2n) is 9.05. The standard InChI is InChI=1S/C26H32F6O2/c1-3-5-17-6-10-20(11-7-17)34-16-19-9-13-22-18(8-12-21(15-27)33-4-2)14-25(29,30)26(31,32)23(22)24(19)28/h8-9,12-13,17,20H,3-7,10-11,14-16H2,1-2H3/b18-8+,21-12+. The predicted molar refractivity (Wildman–Crippen MR) is 119 cm³/mol. The molecule has 1 aromatic carbocycles. The van der Waals surface area contributed by atoms with Crippen molar-refractivity contribution in [1.29, 1.82) is 0 Å². The second-order valence-corrected chi connectivity index (χ2v) is 9.05. The molecule has 0 N–H and O–H groups in total. The third-order valence-corrected chi connectivity index (χ3v) is 6.65. The average Bonchev–Trinajstić information content (AvgIpc) is 2.80. The number of hydrogen-bond donors (Lipinski definition) is 0. The van der Waals surface area contributed by atoms with Crippen LogP contribution in [0.2, 0.25) is 0 Å². The van der Waals surface area contributed by atoms with Gasteiger partial charge in [0.1, 0.15) is 18.3 Å². The molecule has 1 saturated carbocycles. The molecule has 0 spiro atoms. The zero-order chi connectivity index (χ0) is 24.9. The Bertz CT molecular complexity index is 901. The molecular weight excluding hydrogens is 458 g/mol. The number of fused-ring (bicyclic) bond motifs is 1. The van der Waals surface area contributed by atoms with Gasteiger partial charge in [-0.15, -0.1) is 0 Å². The minimum Gasteiger partial charge on any atom is -0.495 e. The lowest BCUT2D eigenvalue weighted by Crippen LogP contribution is -2.43. The van der Waals surface area contributed by atoms with Crippen molar-refractivity contribution in [3.63, 3.8) is 0 Å². The van der Waals surface area contributed by atoms with Crippen LogP contribution in [0.3, 0.4) is 0 Å². The third-order valence-electron chi connectivity index (χ3n) is 6.65. The van der Waals surface area contributed by atoms with Crippen LogP contribution in [0.4, 0.5) is 26.3 Å². The Morgan fingerprint density at radius 2 is 1.79 bits per heavy atom. The molecule has 2 nitrogen and oxygen atoms in total. The summed E-state index contributed by atoms with van der Waals surface area (Å²) in [5.41, 5.74) is -2.05. The van der Waals surface area contributed by atoms with Crippen LogP contribution in [-0.2, 0) is 22.0 Å². The van der Waals surface area contributed by atoms with Crippen LogP contribution in [0.1, 0.15) is 75.5 Å². The minimum atomic E-state index is -4.69. The summed E-state index contributed by atoms with van der Waals surface area (Å²) in [6.45, 7) is 2.66. The molecule has 8 heteroatoms. The van der Waals surface area contributed by atoms with Crippen LogP contribution in [-0.4, -0.2) is 25.3 Å². The molecule has 190 valence electrons. The second kappa shape index (κ2) is 11.2. The van der Waals surface area contributed by atoms with Gasteiger partial charge in [0, 0.05) is 12.0 Å². The van der Waals surface area contributed by atoms with E-state index in [9.17, 15) is 22.0 Å². The van der Waals surface area contributed by atoms with Crippen molar-refractivity contribution in [2.24, 2.45) is 5.92 Å². The Labute approximate surface area is 197 Å². The van der Waals surface area contributed by atoms with Gasteiger partial charge in [0.15, 0.2) is 0 Å². The topological polar surface area (TPSA) is 18.5 Å². The van der Waals surface area contributed by atoms with Crippen molar-refractivity contribution < 1.29 is 35.8 Å². The zero-order valence-electron chi connectivity index (χ0n) is 19.6. The molecule has 34 heavy (non-hydrogen) atoms. The first-order chi connectivity index (χ1) is 16.1. The molecule has 0 aliphatic heterocycles. The summed E-state index contributed by atoms with van der Waals surface area (Å²) in [5.74, 6) is -10.1. The maximum atomic E-state index is 15.2. The Morgan fingerprint density at radius 3 is 2.41 bits per heavy atom. The minimum absolute atomic E-state index is 0.108. The molecule has 0 unspecified atom stereocenters. The van der Waals surface area contributed by atoms with Gasteiger partial charge in [0.2, 0.25) is 0 Å². The van der Waals surface area contributed by atoms with Crippen molar-refractivity contribution in [2.45, 2.75) is 83.3 Å². The number of rotatable bonds is 9. The molecule has 0 amide bonds. The van der Waals surface area contributed by atoms with Gasteiger partial charge in [0.05, 0.1) is 24.9 Å². The number of benzene rings is 1. The number of halogens is 6. The molecule has 0 bridgehead atoms. The van der Waals surface area contributed by atoms with E-state index in [1.165, 1.54) is 12.1 Å². The lowest BCUT2D eigenvalue weighted by molar-refractivity contribution is -0.217. The molecule has 0 heterocycles. The predicted octanol–water partition coefficient (Wildman–Crippen LogP) is 8.11. The Morgan fingerprint density at radius 1 is 1.09 bits per heavy atom. The van der Waals surface area contributed by atoms with E-state index in [4.69, 9.17) is 9.47 Å². The first kappa shape index (κ1) is 26.6. The van der Waals surface area contributed by atoms with E-state index in [2.05, 4.69) is 6.92 Å². The fourth-order valence-corrected chi connectivity index (χ4v) is 4.80. The zero-order valence-corrected chi connectivity index (χ0v) is 19.6. The van der Waals surface area contributed by atoms with Gasteiger partial charge >= 0.3 is 11.8 Å². The molecule has 3 rings (SSSR count). The highest BCUT2D eigenvalue weighted by molar-refractivity contribution is 5.74. The maximum Gasteiger partial charge on any atom is 0.339 e. The van der Waals surface area contributed by atoms with E-state index < -0.39 is 36.3 Å².